The van der Waals surface area contributed by atoms with E-state index in [1.807, 2.05) is 6.92 Å². The van der Waals surface area contributed by atoms with Crippen LogP contribution in [-0.4, -0.2) is 23.3 Å². The summed E-state index contributed by atoms with van der Waals surface area (Å²) in [5, 5.41) is 10.4. The van der Waals surface area contributed by atoms with Crippen LogP contribution >= 0.6 is 0 Å². The molecule has 1 saturated heterocycles. The monoisotopic (exact) mass is 224 g/mol. The van der Waals surface area contributed by atoms with Gasteiger partial charge in [-0.2, -0.15) is 0 Å². The van der Waals surface area contributed by atoms with E-state index in [1.165, 1.54) is 19.3 Å². The second kappa shape index (κ2) is 3.73. The molecule has 3 nitrogen and oxygen atoms in total. The van der Waals surface area contributed by atoms with E-state index in [4.69, 9.17) is 4.74 Å². The highest BCUT2D eigenvalue weighted by molar-refractivity contribution is 5.75. The SMILES string of the molecule is C[C@H]1OC(=O)[C@@H]2C[C@@H]3CCCC[C@H]3[C@H](O)[C@H]12. The van der Waals surface area contributed by atoms with Crippen LogP contribution in [0.4, 0.5) is 0 Å². The molecular weight excluding hydrogens is 204 g/mol. The fraction of sp³-hybridized carbons (Fsp3) is 0.923. The number of hydrogen-bond donors (Lipinski definition) is 1. The van der Waals surface area contributed by atoms with E-state index in [0.717, 1.165) is 12.8 Å². The molecule has 3 heteroatoms. The minimum atomic E-state index is -0.314. The van der Waals surface area contributed by atoms with Gasteiger partial charge in [-0.3, -0.25) is 4.79 Å². The molecule has 1 N–H and O–H groups in total. The van der Waals surface area contributed by atoms with Gasteiger partial charge in [0.25, 0.3) is 0 Å². The van der Waals surface area contributed by atoms with Gasteiger partial charge in [-0.15, -0.1) is 0 Å². The van der Waals surface area contributed by atoms with E-state index < -0.39 is 0 Å². The molecule has 0 spiro atoms. The highest BCUT2D eigenvalue weighted by Crippen LogP contribution is 2.49. The quantitative estimate of drug-likeness (QED) is 0.637. The molecule has 2 saturated carbocycles. The normalized spacial score (nSPS) is 51.8. The number of esters is 1. The smallest absolute Gasteiger partial charge is 0.309 e. The third kappa shape index (κ3) is 1.41. The highest BCUT2D eigenvalue weighted by atomic mass is 16.6. The first-order valence-corrected chi connectivity index (χ1v) is 6.57. The Bertz CT molecular complexity index is 302. The van der Waals surface area contributed by atoms with Crippen molar-refractivity contribution in [2.45, 2.75) is 51.2 Å². The fourth-order valence-corrected chi connectivity index (χ4v) is 4.19. The molecule has 90 valence electrons. The predicted octanol–water partition coefficient (Wildman–Crippen LogP) is 1.74. The van der Waals surface area contributed by atoms with Crippen molar-refractivity contribution in [3.63, 3.8) is 0 Å². The highest BCUT2D eigenvalue weighted by Gasteiger charge is 2.54. The molecule has 3 aliphatic rings. The number of aliphatic hydroxyl groups is 1. The zero-order chi connectivity index (χ0) is 11.3. The van der Waals surface area contributed by atoms with Gasteiger partial charge in [0, 0.05) is 5.92 Å². The largest absolute Gasteiger partial charge is 0.462 e. The van der Waals surface area contributed by atoms with Crippen LogP contribution in [0.2, 0.25) is 0 Å². The zero-order valence-corrected chi connectivity index (χ0v) is 9.76. The number of carbonyl (C=O) groups excluding carboxylic acids is 1. The maximum Gasteiger partial charge on any atom is 0.309 e. The Morgan fingerprint density at radius 3 is 2.88 bits per heavy atom. The molecule has 1 heterocycles. The summed E-state index contributed by atoms with van der Waals surface area (Å²) >= 11 is 0. The van der Waals surface area contributed by atoms with Crippen molar-refractivity contribution in [1.29, 1.82) is 0 Å². The van der Waals surface area contributed by atoms with Crippen molar-refractivity contribution in [2.24, 2.45) is 23.7 Å². The van der Waals surface area contributed by atoms with Crippen molar-refractivity contribution in [3.05, 3.63) is 0 Å². The van der Waals surface area contributed by atoms with E-state index in [0.29, 0.717) is 11.8 Å². The lowest BCUT2D eigenvalue weighted by atomic mass is 9.61. The van der Waals surface area contributed by atoms with Crippen LogP contribution in [0, 0.1) is 23.7 Å². The average molecular weight is 224 g/mol. The lowest BCUT2D eigenvalue weighted by Gasteiger charge is -2.44. The number of cyclic esters (lactones) is 1. The zero-order valence-electron chi connectivity index (χ0n) is 9.76. The van der Waals surface area contributed by atoms with E-state index in [2.05, 4.69) is 0 Å². The van der Waals surface area contributed by atoms with Gasteiger partial charge in [-0.1, -0.05) is 19.3 Å². The van der Waals surface area contributed by atoms with Gasteiger partial charge < -0.3 is 9.84 Å². The number of ether oxygens (including phenoxy) is 1. The number of aliphatic hydroxyl groups excluding tert-OH is 1. The minimum Gasteiger partial charge on any atom is -0.462 e. The molecule has 0 aromatic carbocycles. The van der Waals surface area contributed by atoms with E-state index in [9.17, 15) is 9.90 Å². The summed E-state index contributed by atoms with van der Waals surface area (Å²) in [6.45, 7) is 1.93. The molecule has 0 aromatic heterocycles. The fourth-order valence-electron chi connectivity index (χ4n) is 4.19. The molecule has 0 radical (unpaired) electrons. The van der Waals surface area contributed by atoms with Gasteiger partial charge in [-0.05, 0) is 31.6 Å². The average Bonchev–Trinajstić information content (AvgIpc) is 2.55. The minimum absolute atomic E-state index is 0.0238. The van der Waals surface area contributed by atoms with Gasteiger partial charge in [0.2, 0.25) is 0 Å². The van der Waals surface area contributed by atoms with Crippen molar-refractivity contribution < 1.29 is 14.6 Å². The maximum atomic E-state index is 11.7. The third-order valence-corrected chi connectivity index (χ3v) is 4.97. The summed E-state index contributed by atoms with van der Waals surface area (Å²) in [4.78, 5) is 11.7. The molecule has 2 aliphatic carbocycles. The van der Waals surface area contributed by atoms with Crippen molar-refractivity contribution in [3.8, 4) is 0 Å². The second-order valence-electron chi connectivity index (χ2n) is 5.76. The Kier molecular flexibility index (Phi) is 2.46. The Hall–Kier alpha value is -0.570. The Morgan fingerprint density at radius 2 is 2.06 bits per heavy atom. The summed E-state index contributed by atoms with van der Waals surface area (Å²) in [6.07, 6.45) is 5.37. The predicted molar refractivity (Wildman–Crippen MR) is 58.6 cm³/mol. The summed E-state index contributed by atoms with van der Waals surface area (Å²) in [5.74, 6) is 0.951. The standard InChI is InChI=1S/C13H20O3/c1-7-11-10(13(15)16-7)6-8-4-2-3-5-9(8)12(11)14/h7-12,14H,2-6H2,1H3/t7-,8+,9-,10-,11-,12+/m1/s1. The van der Waals surface area contributed by atoms with Crippen LogP contribution < -0.4 is 0 Å². The first kappa shape index (κ1) is 10.6. The van der Waals surface area contributed by atoms with Gasteiger partial charge in [0.1, 0.15) is 6.10 Å². The maximum absolute atomic E-state index is 11.7. The van der Waals surface area contributed by atoms with Gasteiger partial charge in [-0.25, -0.2) is 0 Å². The van der Waals surface area contributed by atoms with Gasteiger partial charge in [0.15, 0.2) is 0 Å². The van der Waals surface area contributed by atoms with Crippen LogP contribution in [-0.2, 0) is 9.53 Å². The molecule has 3 fully saturated rings. The molecule has 0 aromatic rings. The third-order valence-electron chi connectivity index (χ3n) is 4.97. The molecule has 0 amide bonds. The molecular formula is C13H20O3. The molecule has 3 rings (SSSR count). The summed E-state index contributed by atoms with van der Waals surface area (Å²) in [5.41, 5.74) is 0. The number of carbonyl (C=O) groups is 1. The van der Waals surface area contributed by atoms with Crippen molar-refractivity contribution in [1.82, 2.24) is 0 Å². The number of fused-ring (bicyclic) bond motifs is 2. The molecule has 1 aliphatic heterocycles. The Labute approximate surface area is 96.2 Å². The lowest BCUT2D eigenvalue weighted by Crippen LogP contribution is -2.47. The van der Waals surface area contributed by atoms with Crippen LogP contribution in [0.1, 0.15) is 39.0 Å². The summed E-state index contributed by atoms with van der Waals surface area (Å²) < 4.78 is 5.29. The second-order valence-corrected chi connectivity index (χ2v) is 5.76. The number of hydrogen-bond acceptors (Lipinski definition) is 3. The van der Waals surface area contributed by atoms with Crippen molar-refractivity contribution >= 4 is 5.97 Å². The Balaban J connectivity index is 1.86. The summed E-state index contributed by atoms with van der Waals surface area (Å²) in [7, 11) is 0. The Morgan fingerprint density at radius 1 is 1.31 bits per heavy atom. The van der Waals surface area contributed by atoms with Gasteiger partial charge >= 0.3 is 5.97 Å². The lowest BCUT2D eigenvalue weighted by molar-refractivity contribution is -0.144. The first-order valence-electron chi connectivity index (χ1n) is 6.57. The van der Waals surface area contributed by atoms with E-state index in [-0.39, 0.29) is 30.0 Å². The molecule has 16 heavy (non-hydrogen) atoms. The van der Waals surface area contributed by atoms with Gasteiger partial charge in [0.05, 0.1) is 12.0 Å². The van der Waals surface area contributed by atoms with Crippen LogP contribution in [0.3, 0.4) is 0 Å². The van der Waals surface area contributed by atoms with Crippen LogP contribution in [0.5, 0.6) is 0 Å². The number of rotatable bonds is 0. The topological polar surface area (TPSA) is 46.5 Å². The molecule has 0 bridgehead atoms. The van der Waals surface area contributed by atoms with Crippen LogP contribution in [0.25, 0.3) is 0 Å². The summed E-state index contributed by atoms with van der Waals surface area (Å²) in [6, 6.07) is 0. The van der Waals surface area contributed by atoms with E-state index >= 15 is 0 Å². The molecule has 0 unspecified atom stereocenters. The van der Waals surface area contributed by atoms with E-state index in [1.54, 1.807) is 0 Å². The van der Waals surface area contributed by atoms with Crippen LogP contribution in [0.15, 0.2) is 0 Å². The first-order chi connectivity index (χ1) is 7.68. The van der Waals surface area contributed by atoms with Crippen molar-refractivity contribution in [2.75, 3.05) is 0 Å². The molecule has 6 atom stereocenters.